The molecule has 142 valence electrons. The van der Waals surface area contributed by atoms with Gasteiger partial charge in [-0.15, -0.1) is 0 Å². The van der Waals surface area contributed by atoms with Crippen LogP contribution in [0.1, 0.15) is 42.5 Å². The number of carbonyl (C=O) groups excluding carboxylic acids is 2. The first kappa shape index (κ1) is 20.0. The van der Waals surface area contributed by atoms with Crippen LogP contribution >= 0.6 is 0 Å². The summed E-state index contributed by atoms with van der Waals surface area (Å²) >= 11 is 0. The molecular weight excluding hydrogens is 339 g/mol. The van der Waals surface area contributed by atoms with Gasteiger partial charge in [0.2, 0.25) is 5.91 Å². The first-order valence-corrected chi connectivity index (χ1v) is 8.85. The molecule has 1 atom stereocenters. The van der Waals surface area contributed by atoms with Gasteiger partial charge < -0.3 is 10.0 Å². The van der Waals surface area contributed by atoms with Crippen LogP contribution in [0.5, 0.6) is 0 Å². The number of likely N-dealkylation sites (N-methyl/N-ethyl adjacent to an activating group) is 1. The van der Waals surface area contributed by atoms with Crippen molar-refractivity contribution in [2.24, 2.45) is 0 Å². The number of carbonyl (C=O) groups is 3. The number of carboxylic acids is 1. The third-order valence-corrected chi connectivity index (χ3v) is 4.79. The lowest BCUT2D eigenvalue weighted by atomic mass is 10.1. The molecular formula is C19H25FN2O4. The summed E-state index contributed by atoms with van der Waals surface area (Å²) in [5.41, 5.74) is 0.408. The minimum Gasteiger partial charge on any atom is -0.480 e. The zero-order valence-corrected chi connectivity index (χ0v) is 15.0. The molecule has 1 unspecified atom stereocenters. The largest absolute Gasteiger partial charge is 0.480 e. The number of halogens is 1. The number of carboxylic acid groups (broad SMARTS) is 1. The van der Waals surface area contributed by atoms with Crippen molar-refractivity contribution >= 4 is 17.7 Å². The topological polar surface area (TPSA) is 77.9 Å². The van der Waals surface area contributed by atoms with Crippen molar-refractivity contribution in [2.45, 2.75) is 38.1 Å². The van der Waals surface area contributed by atoms with Gasteiger partial charge in [0.15, 0.2) is 5.78 Å². The van der Waals surface area contributed by atoms with Crippen molar-refractivity contribution < 1.29 is 23.9 Å². The Balaban J connectivity index is 1.81. The van der Waals surface area contributed by atoms with Crippen molar-refractivity contribution in [2.75, 3.05) is 26.7 Å². The molecule has 2 rings (SSSR count). The lowest BCUT2D eigenvalue weighted by Gasteiger charge is -2.25. The minimum absolute atomic E-state index is 0.00914. The van der Waals surface area contributed by atoms with E-state index in [-0.39, 0.29) is 37.1 Å². The maximum atomic E-state index is 12.9. The number of likely N-dealkylation sites (tertiary alicyclic amines) is 1. The molecule has 1 saturated heterocycles. The second kappa shape index (κ2) is 9.43. The summed E-state index contributed by atoms with van der Waals surface area (Å²) in [6.45, 7) is 1.18. The molecule has 0 bridgehead atoms. The number of aliphatic carboxylic acids is 1. The number of nitrogens with zero attached hydrogens (tertiary/aromatic N) is 2. The van der Waals surface area contributed by atoms with Crippen molar-refractivity contribution in [1.29, 1.82) is 0 Å². The number of Topliss-reactive ketones (excluding diaryl/α,β-unsaturated/α-hetero) is 1. The second-order valence-corrected chi connectivity index (χ2v) is 6.70. The molecule has 0 radical (unpaired) electrons. The molecule has 1 N–H and O–H groups in total. The zero-order valence-electron chi connectivity index (χ0n) is 15.0. The normalized spacial score (nSPS) is 17.8. The number of ketones is 1. The molecule has 6 nitrogen and oxygen atoms in total. The third-order valence-electron chi connectivity index (χ3n) is 4.79. The smallest absolute Gasteiger partial charge is 0.317 e. The minimum atomic E-state index is -0.857. The van der Waals surface area contributed by atoms with E-state index >= 15 is 0 Å². The van der Waals surface area contributed by atoms with E-state index in [0.717, 1.165) is 19.3 Å². The Kier molecular flexibility index (Phi) is 7.26. The van der Waals surface area contributed by atoms with Crippen LogP contribution in [0, 0.1) is 5.82 Å². The van der Waals surface area contributed by atoms with E-state index in [1.54, 1.807) is 11.9 Å². The summed E-state index contributed by atoms with van der Waals surface area (Å²) in [5, 5.41) is 8.90. The van der Waals surface area contributed by atoms with E-state index in [0.29, 0.717) is 18.7 Å². The van der Waals surface area contributed by atoms with E-state index < -0.39 is 11.8 Å². The monoisotopic (exact) mass is 364 g/mol. The molecule has 26 heavy (non-hydrogen) atoms. The van der Waals surface area contributed by atoms with Crippen molar-refractivity contribution in [3.05, 3.63) is 35.6 Å². The van der Waals surface area contributed by atoms with Gasteiger partial charge in [0.1, 0.15) is 5.82 Å². The van der Waals surface area contributed by atoms with Gasteiger partial charge >= 0.3 is 5.97 Å². The van der Waals surface area contributed by atoms with Gasteiger partial charge in [0, 0.05) is 37.5 Å². The highest BCUT2D eigenvalue weighted by Gasteiger charge is 2.24. The van der Waals surface area contributed by atoms with E-state index in [9.17, 15) is 18.8 Å². The van der Waals surface area contributed by atoms with Crippen LogP contribution in [0.3, 0.4) is 0 Å². The van der Waals surface area contributed by atoms with E-state index in [2.05, 4.69) is 0 Å². The predicted molar refractivity (Wildman–Crippen MR) is 94.4 cm³/mol. The van der Waals surface area contributed by atoms with Crippen LogP contribution in [-0.2, 0) is 9.59 Å². The lowest BCUT2D eigenvalue weighted by Crippen LogP contribution is -2.37. The first-order chi connectivity index (χ1) is 12.4. The highest BCUT2D eigenvalue weighted by molar-refractivity contribution is 5.97. The fourth-order valence-corrected chi connectivity index (χ4v) is 3.27. The summed E-state index contributed by atoms with van der Waals surface area (Å²) in [5.74, 6) is -1.50. The van der Waals surface area contributed by atoms with Gasteiger partial charge in [-0.05, 0) is 50.6 Å². The van der Waals surface area contributed by atoms with E-state index in [1.165, 1.54) is 24.3 Å². The lowest BCUT2D eigenvalue weighted by molar-refractivity contribution is -0.138. The Morgan fingerprint density at radius 3 is 2.50 bits per heavy atom. The number of rotatable bonds is 7. The third kappa shape index (κ3) is 5.91. The summed E-state index contributed by atoms with van der Waals surface area (Å²) in [6.07, 6.45) is 2.62. The van der Waals surface area contributed by atoms with Gasteiger partial charge in [-0.1, -0.05) is 0 Å². The van der Waals surface area contributed by atoms with E-state index in [4.69, 9.17) is 5.11 Å². The molecule has 1 aliphatic rings. The average molecular weight is 364 g/mol. The summed E-state index contributed by atoms with van der Waals surface area (Å²) < 4.78 is 12.9. The van der Waals surface area contributed by atoms with Gasteiger partial charge in [-0.3, -0.25) is 19.3 Å². The van der Waals surface area contributed by atoms with Crippen LogP contribution in [0.4, 0.5) is 4.39 Å². The highest BCUT2D eigenvalue weighted by Crippen LogP contribution is 2.17. The Morgan fingerprint density at radius 2 is 1.85 bits per heavy atom. The Labute approximate surface area is 152 Å². The number of hydrogen-bond acceptors (Lipinski definition) is 4. The molecule has 1 aromatic rings. The number of hydrogen-bond donors (Lipinski definition) is 1. The molecule has 7 heteroatoms. The fraction of sp³-hybridized carbons (Fsp3) is 0.526. The standard InChI is InChI=1S/C19H25FN2O4/c1-21(13-19(25)26)16-3-2-11-22(12-10-16)18(24)9-8-17(23)14-4-6-15(20)7-5-14/h4-7,16H,2-3,8-13H2,1H3,(H,25,26). The van der Waals surface area contributed by atoms with Gasteiger partial charge in [0.25, 0.3) is 0 Å². The van der Waals surface area contributed by atoms with E-state index in [1.807, 2.05) is 4.90 Å². The summed E-state index contributed by atoms with van der Waals surface area (Å²) in [6, 6.07) is 5.47. The van der Waals surface area contributed by atoms with Crippen LogP contribution in [0.25, 0.3) is 0 Å². The van der Waals surface area contributed by atoms with Crippen LogP contribution in [0.15, 0.2) is 24.3 Å². The van der Waals surface area contributed by atoms with Crippen molar-refractivity contribution in [3.8, 4) is 0 Å². The predicted octanol–water partition coefficient (Wildman–Crippen LogP) is 2.19. The van der Waals surface area contributed by atoms with Crippen LogP contribution in [0.2, 0.25) is 0 Å². The summed E-state index contributed by atoms with van der Waals surface area (Å²) in [4.78, 5) is 38.9. The number of benzene rings is 1. The molecule has 1 aliphatic heterocycles. The molecule has 0 saturated carbocycles. The maximum Gasteiger partial charge on any atom is 0.317 e. The van der Waals surface area contributed by atoms with Gasteiger partial charge in [0.05, 0.1) is 6.54 Å². The molecule has 1 fully saturated rings. The van der Waals surface area contributed by atoms with Crippen LogP contribution in [-0.4, -0.2) is 65.3 Å². The molecule has 1 aromatic carbocycles. The summed E-state index contributed by atoms with van der Waals surface area (Å²) in [7, 11) is 1.79. The molecule has 1 amide bonds. The van der Waals surface area contributed by atoms with Gasteiger partial charge in [-0.25, -0.2) is 4.39 Å². The zero-order chi connectivity index (χ0) is 19.1. The first-order valence-electron chi connectivity index (χ1n) is 8.85. The quantitative estimate of drug-likeness (QED) is 0.751. The fourth-order valence-electron chi connectivity index (χ4n) is 3.27. The molecule has 0 aromatic heterocycles. The maximum absolute atomic E-state index is 12.9. The molecule has 0 spiro atoms. The molecule has 1 heterocycles. The van der Waals surface area contributed by atoms with Crippen LogP contribution < -0.4 is 0 Å². The highest BCUT2D eigenvalue weighted by atomic mass is 19.1. The second-order valence-electron chi connectivity index (χ2n) is 6.70. The SMILES string of the molecule is CN(CC(=O)O)C1CCCN(C(=O)CCC(=O)c2ccc(F)cc2)CC1. The Hall–Kier alpha value is -2.28. The Bertz CT molecular complexity index is 647. The van der Waals surface area contributed by atoms with Crippen molar-refractivity contribution in [3.63, 3.8) is 0 Å². The number of amides is 1. The molecule has 0 aliphatic carbocycles. The van der Waals surface area contributed by atoms with Crippen molar-refractivity contribution in [1.82, 2.24) is 9.80 Å². The van der Waals surface area contributed by atoms with Gasteiger partial charge in [-0.2, -0.15) is 0 Å². The Morgan fingerprint density at radius 1 is 1.15 bits per heavy atom. The average Bonchev–Trinajstić information content (AvgIpc) is 2.85.